The number of benzene rings is 2. The van der Waals surface area contributed by atoms with Gasteiger partial charge in [0.2, 0.25) is 15.9 Å². The van der Waals surface area contributed by atoms with Gasteiger partial charge in [-0.2, -0.15) is 0 Å². The Morgan fingerprint density at radius 3 is 2.46 bits per heavy atom. The molecule has 0 radical (unpaired) electrons. The average Bonchev–Trinajstić information content (AvgIpc) is 2.59. The number of esters is 1. The molecule has 7 nitrogen and oxygen atoms in total. The van der Waals surface area contributed by atoms with Crippen LogP contribution in [0.4, 0.5) is 11.4 Å². The summed E-state index contributed by atoms with van der Waals surface area (Å²) in [5.41, 5.74) is 0.803. The highest BCUT2D eigenvalue weighted by Gasteiger charge is 2.23. The van der Waals surface area contributed by atoms with Crippen LogP contribution in [-0.4, -0.2) is 40.2 Å². The summed E-state index contributed by atoms with van der Waals surface area (Å²) in [4.78, 5) is 23.9. The van der Waals surface area contributed by atoms with Gasteiger partial charge in [-0.15, -0.1) is 0 Å². The Hall–Kier alpha value is -2.58. The largest absolute Gasteiger partial charge is 0.465 e. The first-order valence-electron chi connectivity index (χ1n) is 7.43. The zero-order chi connectivity index (χ0) is 19.3. The fourth-order valence-electron chi connectivity index (χ4n) is 2.21. The normalized spacial score (nSPS) is 10.9. The molecule has 9 heteroatoms. The summed E-state index contributed by atoms with van der Waals surface area (Å²) in [7, 11) is -2.49. The molecule has 0 atom stereocenters. The molecule has 0 aliphatic carbocycles. The van der Waals surface area contributed by atoms with E-state index >= 15 is 0 Å². The maximum atomic E-state index is 12.3. The predicted molar refractivity (Wildman–Crippen MR) is 100 cm³/mol. The zero-order valence-corrected chi connectivity index (χ0v) is 15.7. The Labute approximate surface area is 156 Å². The molecule has 0 fully saturated rings. The lowest BCUT2D eigenvalue weighted by molar-refractivity contribution is -0.114. The van der Waals surface area contributed by atoms with Crippen LogP contribution >= 0.6 is 11.6 Å². The number of carbonyl (C=O) groups excluding carboxylic acids is 2. The predicted octanol–water partition coefficient (Wildman–Crippen LogP) is 2.53. The summed E-state index contributed by atoms with van der Waals surface area (Å²) in [6.07, 6.45) is 0.988. The standard InChI is InChI=1S/C17H17ClN2O5S/c1-25-17(22)12-6-5-7-13(10-12)19-16(21)11-20(26(2,23)24)15-9-4-3-8-14(15)18/h3-10H,11H2,1-2H3,(H,19,21). The van der Waals surface area contributed by atoms with Crippen LogP contribution in [0.15, 0.2) is 48.5 Å². The van der Waals surface area contributed by atoms with Crippen molar-refractivity contribution < 1.29 is 22.7 Å². The van der Waals surface area contributed by atoms with Gasteiger partial charge < -0.3 is 10.1 Å². The van der Waals surface area contributed by atoms with Crippen LogP contribution in [0.1, 0.15) is 10.4 Å². The van der Waals surface area contributed by atoms with E-state index in [0.717, 1.165) is 10.6 Å². The van der Waals surface area contributed by atoms with Gasteiger partial charge in [0.25, 0.3) is 0 Å². The van der Waals surface area contributed by atoms with Crippen LogP contribution in [0.25, 0.3) is 0 Å². The molecular weight excluding hydrogens is 380 g/mol. The fourth-order valence-corrected chi connectivity index (χ4v) is 3.36. The van der Waals surface area contributed by atoms with Crippen molar-refractivity contribution in [2.24, 2.45) is 0 Å². The Kier molecular flexibility index (Phi) is 6.23. The van der Waals surface area contributed by atoms with E-state index in [-0.39, 0.29) is 16.3 Å². The average molecular weight is 397 g/mol. The summed E-state index contributed by atoms with van der Waals surface area (Å²) in [6, 6.07) is 12.4. The van der Waals surface area contributed by atoms with Crippen molar-refractivity contribution in [3.05, 3.63) is 59.1 Å². The summed E-state index contributed by atoms with van der Waals surface area (Å²) >= 11 is 6.05. The Bertz CT molecular complexity index is 930. The van der Waals surface area contributed by atoms with Crippen LogP contribution in [-0.2, 0) is 19.6 Å². The van der Waals surface area contributed by atoms with Crippen molar-refractivity contribution in [1.82, 2.24) is 0 Å². The number of nitrogens with one attached hydrogen (secondary N) is 1. The third-order valence-corrected chi connectivity index (χ3v) is 4.82. The van der Waals surface area contributed by atoms with Crippen LogP contribution in [0.3, 0.4) is 0 Å². The minimum atomic E-state index is -3.74. The lowest BCUT2D eigenvalue weighted by Gasteiger charge is -2.22. The molecular formula is C17H17ClN2O5S. The topological polar surface area (TPSA) is 92.8 Å². The summed E-state index contributed by atoms with van der Waals surface area (Å²) in [5, 5.41) is 2.76. The van der Waals surface area contributed by atoms with Gasteiger partial charge in [-0.3, -0.25) is 9.10 Å². The first kappa shape index (κ1) is 19.7. The van der Waals surface area contributed by atoms with Gasteiger partial charge in [-0.1, -0.05) is 29.8 Å². The minimum absolute atomic E-state index is 0.204. The number of methoxy groups -OCH3 is 1. The first-order valence-corrected chi connectivity index (χ1v) is 9.65. The molecule has 0 saturated carbocycles. The Balaban J connectivity index is 2.21. The number of hydrogen-bond acceptors (Lipinski definition) is 5. The van der Waals surface area contributed by atoms with Gasteiger partial charge in [0.05, 0.1) is 29.6 Å². The number of carbonyl (C=O) groups is 2. The maximum Gasteiger partial charge on any atom is 0.337 e. The van der Waals surface area contributed by atoms with E-state index in [1.807, 2.05) is 0 Å². The van der Waals surface area contributed by atoms with Crippen molar-refractivity contribution in [2.45, 2.75) is 0 Å². The number of ether oxygens (including phenoxy) is 1. The molecule has 1 amide bonds. The van der Waals surface area contributed by atoms with Crippen LogP contribution in [0, 0.1) is 0 Å². The van der Waals surface area contributed by atoms with Gasteiger partial charge in [0, 0.05) is 5.69 Å². The Morgan fingerprint density at radius 1 is 1.15 bits per heavy atom. The second-order valence-corrected chi connectivity index (χ2v) is 7.66. The summed E-state index contributed by atoms with van der Waals surface area (Å²) < 4.78 is 29.7. The number of halogens is 1. The molecule has 2 rings (SSSR count). The number of rotatable bonds is 6. The first-order chi connectivity index (χ1) is 12.2. The van der Waals surface area contributed by atoms with Crippen molar-refractivity contribution in [1.29, 1.82) is 0 Å². The highest BCUT2D eigenvalue weighted by molar-refractivity contribution is 7.92. The molecule has 0 heterocycles. The number of para-hydroxylation sites is 1. The molecule has 0 spiro atoms. The fraction of sp³-hybridized carbons (Fsp3) is 0.176. The van der Waals surface area contributed by atoms with E-state index < -0.39 is 28.4 Å². The van der Waals surface area contributed by atoms with Crippen LogP contribution < -0.4 is 9.62 Å². The number of nitrogens with zero attached hydrogens (tertiary/aromatic N) is 1. The van der Waals surface area contributed by atoms with E-state index in [1.54, 1.807) is 24.3 Å². The highest BCUT2D eigenvalue weighted by atomic mass is 35.5. The van der Waals surface area contributed by atoms with E-state index in [4.69, 9.17) is 11.6 Å². The third-order valence-electron chi connectivity index (χ3n) is 3.38. The van der Waals surface area contributed by atoms with E-state index in [0.29, 0.717) is 5.69 Å². The molecule has 0 unspecified atom stereocenters. The lowest BCUT2D eigenvalue weighted by atomic mass is 10.2. The monoisotopic (exact) mass is 396 g/mol. The van der Waals surface area contributed by atoms with Crippen molar-refractivity contribution >= 4 is 44.9 Å². The second kappa shape index (κ2) is 8.20. The van der Waals surface area contributed by atoms with Crippen LogP contribution in [0.2, 0.25) is 5.02 Å². The number of amides is 1. The molecule has 0 aromatic heterocycles. The molecule has 2 aromatic carbocycles. The lowest BCUT2D eigenvalue weighted by Crippen LogP contribution is -2.37. The van der Waals surface area contributed by atoms with Gasteiger partial charge >= 0.3 is 5.97 Å². The summed E-state index contributed by atoms with van der Waals surface area (Å²) in [5.74, 6) is -1.13. The van der Waals surface area contributed by atoms with E-state index in [1.165, 1.54) is 31.4 Å². The summed E-state index contributed by atoms with van der Waals surface area (Å²) in [6.45, 7) is -0.467. The van der Waals surface area contributed by atoms with Gasteiger partial charge in [-0.05, 0) is 30.3 Å². The smallest absolute Gasteiger partial charge is 0.337 e. The number of hydrogen-bond donors (Lipinski definition) is 1. The molecule has 138 valence electrons. The molecule has 26 heavy (non-hydrogen) atoms. The number of sulfonamides is 1. The molecule has 0 saturated heterocycles. The SMILES string of the molecule is COC(=O)c1cccc(NC(=O)CN(c2ccccc2Cl)S(C)(=O)=O)c1. The van der Waals surface area contributed by atoms with Crippen molar-refractivity contribution in [2.75, 3.05) is 29.5 Å². The van der Waals surface area contributed by atoms with Crippen molar-refractivity contribution in [3.63, 3.8) is 0 Å². The van der Waals surface area contributed by atoms with Gasteiger partial charge in [0.15, 0.2) is 0 Å². The van der Waals surface area contributed by atoms with Gasteiger partial charge in [-0.25, -0.2) is 13.2 Å². The molecule has 1 N–H and O–H groups in total. The van der Waals surface area contributed by atoms with E-state index in [2.05, 4.69) is 10.1 Å². The molecule has 0 aliphatic rings. The molecule has 0 aliphatic heterocycles. The minimum Gasteiger partial charge on any atom is -0.465 e. The number of anilines is 2. The quantitative estimate of drug-likeness (QED) is 0.757. The van der Waals surface area contributed by atoms with E-state index in [9.17, 15) is 18.0 Å². The second-order valence-electron chi connectivity index (χ2n) is 5.34. The molecule has 0 bridgehead atoms. The maximum absolute atomic E-state index is 12.3. The van der Waals surface area contributed by atoms with Gasteiger partial charge in [0.1, 0.15) is 6.54 Å². The van der Waals surface area contributed by atoms with Crippen LogP contribution in [0.5, 0.6) is 0 Å². The molecule has 2 aromatic rings. The highest BCUT2D eigenvalue weighted by Crippen LogP contribution is 2.27. The zero-order valence-electron chi connectivity index (χ0n) is 14.1. The van der Waals surface area contributed by atoms with Crippen molar-refractivity contribution in [3.8, 4) is 0 Å². The Morgan fingerprint density at radius 2 is 1.85 bits per heavy atom. The third kappa shape index (κ3) is 4.96.